The molecule has 1 aliphatic carbocycles. The molecule has 3 atom stereocenters. The smallest absolute Gasteiger partial charge is 0.234 e. The van der Waals surface area contributed by atoms with E-state index in [1.807, 2.05) is 0 Å². The fourth-order valence-electron chi connectivity index (χ4n) is 3.45. The molecule has 1 saturated heterocycles. The first-order valence-electron chi connectivity index (χ1n) is 6.97. The van der Waals surface area contributed by atoms with E-state index < -0.39 is 6.04 Å². The molecular weight excluding hydrogens is 214 g/mol. The summed E-state index contributed by atoms with van der Waals surface area (Å²) >= 11 is 0. The number of hydrogen-bond donors (Lipinski definition) is 2. The summed E-state index contributed by atoms with van der Waals surface area (Å²) in [5, 5.41) is 0. The third-order valence-corrected chi connectivity index (χ3v) is 4.45. The van der Waals surface area contributed by atoms with Gasteiger partial charge < -0.3 is 16.4 Å². The average Bonchev–Trinajstić information content (AvgIpc) is 2.35. The molecule has 4 heteroatoms. The fourth-order valence-corrected chi connectivity index (χ4v) is 3.45. The summed E-state index contributed by atoms with van der Waals surface area (Å²) in [5.74, 6) is 0.518. The minimum atomic E-state index is -0.473. The number of amides is 1. The highest BCUT2D eigenvalue weighted by atomic mass is 16.1. The molecule has 0 aromatic heterocycles. The van der Waals surface area contributed by atoms with Crippen LogP contribution in [-0.4, -0.2) is 36.0 Å². The molecule has 98 valence electrons. The molecule has 0 aromatic rings. The Labute approximate surface area is 104 Å². The monoisotopic (exact) mass is 239 g/mol. The van der Waals surface area contributed by atoms with Crippen LogP contribution < -0.4 is 11.5 Å². The zero-order valence-electron chi connectivity index (χ0n) is 10.6. The number of carbonyl (C=O) groups excluding carboxylic acids is 1. The second kappa shape index (κ2) is 5.83. The van der Waals surface area contributed by atoms with E-state index in [0.717, 1.165) is 18.5 Å². The molecule has 0 bridgehead atoms. The lowest BCUT2D eigenvalue weighted by Crippen LogP contribution is -2.49. The molecule has 2 aliphatic rings. The summed E-state index contributed by atoms with van der Waals surface area (Å²) in [4.78, 5) is 13.5. The SMILES string of the molecule is NC(=O)C(N)CCN1CCC[C@H]2CCCC[C@H]21. The zero-order valence-corrected chi connectivity index (χ0v) is 10.6. The third kappa shape index (κ3) is 3.19. The van der Waals surface area contributed by atoms with Crippen LogP contribution in [0.25, 0.3) is 0 Å². The number of hydrogen-bond acceptors (Lipinski definition) is 3. The van der Waals surface area contributed by atoms with Gasteiger partial charge in [-0.25, -0.2) is 0 Å². The molecule has 1 heterocycles. The molecular formula is C13H25N3O. The lowest BCUT2D eigenvalue weighted by atomic mass is 9.78. The van der Waals surface area contributed by atoms with E-state index in [9.17, 15) is 4.79 Å². The summed E-state index contributed by atoms with van der Waals surface area (Å²) in [7, 11) is 0. The lowest BCUT2D eigenvalue weighted by Gasteiger charge is -2.44. The van der Waals surface area contributed by atoms with Crippen molar-refractivity contribution >= 4 is 5.91 Å². The number of nitrogens with two attached hydrogens (primary N) is 2. The summed E-state index contributed by atoms with van der Waals surface area (Å²) in [5.41, 5.74) is 10.9. The standard InChI is InChI=1S/C13H25N3O/c14-11(13(15)17)7-9-16-8-3-5-10-4-1-2-6-12(10)16/h10-12H,1-9,14H2,(H2,15,17)/t10-,11?,12-/m1/s1. The van der Waals surface area contributed by atoms with Crippen molar-refractivity contribution in [3.63, 3.8) is 0 Å². The molecule has 0 radical (unpaired) electrons. The second-order valence-corrected chi connectivity index (χ2v) is 5.59. The first kappa shape index (κ1) is 12.8. The van der Waals surface area contributed by atoms with Gasteiger partial charge >= 0.3 is 0 Å². The third-order valence-electron chi connectivity index (χ3n) is 4.45. The highest BCUT2D eigenvalue weighted by molar-refractivity contribution is 5.79. The summed E-state index contributed by atoms with van der Waals surface area (Å²) in [6.45, 7) is 2.11. The number of likely N-dealkylation sites (tertiary alicyclic amines) is 1. The Hall–Kier alpha value is -0.610. The van der Waals surface area contributed by atoms with Gasteiger partial charge in [0.2, 0.25) is 5.91 Å². The molecule has 1 aliphatic heterocycles. The van der Waals surface area contributed by atoms with Gasteiger partial charge in [-0.1, -0.05) is 12.8 Å². The van der Waals surface area contributed by atoms with E-state index in [1.54, 1.807) is 0 Å². The Morgan fingerprint density at radius 1 is 1.24 bits per heavy atom. The number of rotatable bonds is 4. The Bertz CT molecular complexity index is 267. The molecule has 1 saturated carbocycles. The normalized spacial score (nSPS) is 31.8. The summed E-state index contributed by atoms with van der Waals surface area (Å²) in [6.07, 6.45) is 8.88. The van der Waals surface area contributed by atoms with Gasteiger partial charge in [0.15, 0.2) is 0 Å². The lowest BCUT2D eigenvalue weighted by molar-refractivity contribution is -0.119. The first-order valence-corrected chi connectivity index (χ1v) is 6.97. The van der Waals surface area contributed by atoms with E-state index in [4.69, 9.17) is 11.5 Å². The van der Waals surface area contributed by atoms with Gasteiger partial charge in [-0.3, -0.25) is 4.79 Å². The molecule has 1 unspecified atom stereocenters. The molecule has 4 N–H and O–H groups in total. The van der Waals surface area contributed by atoms with Crippen LogP contribution in [0.2, 0.25) is 0 Å². The van der Waals surface area contributed by atoms with Crippen LogP contribution in [0, 0.1) is 5.92 Å². The quantitative estimate of drug-likeness (QED) is 0.763. The second-order valence-electron chi connectivity index (χ2n) is 5.59. The number of carbonyl (C=O) groups is 1. The predicted molar refractivity (Wildman–Crippen MR) is 68.3 cm³/mol. The van der Waals surface area contributed by atoms with Crippen LogP contribution in [0.4, 0.5) is 0 Å². The van der Waals surface area contributed by atoms with Crippen LogP contribution in [-0.2, 0) is 4.79 Å². The van der Waals surface area contributed by atoms with Crippen molar-refractivity contribution < 1.29 is 4.79 Å². The van der Waals surface area contributed by atoms with Crippen LogP contribution in [0.15, 0.2) is 0 Å². The maximum absolute atomic E-state index is 10.9. The van der Waals surface area contributed by atoms with Crippen molar-refractivity contribution in [3.05, 3.63) is 0 Å². The van der Waals surface area contributed by atoms with E-state index in [-0.39, 0.29) is 5.91 Å². The molecule has 0 aromatic carbocycles. The maximum Gasteiger partial charge on any atom is 0.234 e. The van der Waals surface area contributed by atoms with Crippen LogP contribution >= 0.6 is 0 Å². The van der Waals surface area contributed by atoms with Gasteiger partial charge in [0.05, 0.1) is 6.04 Å². The van der Waals surface area contributed by atoms with Crippen molar-refractivity contribution in [3.8, 4) is 0 Å². The topological polar surface area (TPSA) is 72.3 Å². The Kier molecular flexibility index (Phi) is 4.40. The fraction of sp³-hybridized carbons (Fsp3) is 0.923. The van der Waals surface area contributed by atoms with Gasteiger partial charge in [0.1, 0.15) is 0 Å². The van der Waals surface area contributed by atoms with E-state index in [1.165, 1.54) is 45.1 Å². The van der Waals surface area contributed by atoms with Crippen LogP contribution in [0.5, 0.6) is 0 Å². The highest BCUT2D eigenvalue weighted by Crippen LogP contribution is 2.35. The van der Waals surface area contributed by atoms with E-state index in [0.29, 0.717) is 6.42 Å². The van der Waals surface area contributed by atoms with Gasteiger partial charge in [0, 0.05) is 12.6 Å². The summed E-state index contributed by atoms with van der Waals surface area (Å²) in [6, 6.07) is 0.275. The zero-order chi connectivity index (χ0) is 12.3. The Balaban J connectivity index is 1.84. The van der Waals surface area contributed by atoms with Crippen molar-refractivity contribution in [1.82, 2.24) is 4.90 Å². The minimum Gasteiger partial charge on any atom is -0.368 e. The van der Waals surface area contributed by atoms with Crippen LogP contribution in [0.1, 0.15) is 44.9 Å². The van der Waals surface area contributed by atoms with Crippen molar-refractivity contribution in [2.75, 3.05) is 13.1 Å². The van der Waals surface area contributed by atoms with Crippen LogP contribution in [0.3, 0.4) is 0 Å². The van der Waals surface area contributed by atoms with E-state index in [2.05, 4.69) is 4.90 Å². The van der Waals surface area contributed by atoms with Crippen molar-refractivity contribution in [1.29, 1.82) is 0 Å². The number of primary amides is 1. The molecule has 2 rings (SSSR count). The first-order chi connectivity index (χ1) is 8.18. The van der Waals surface area contributed by atoms with Crippen molar-refractivity contribution in [2.24, 2.45) is 17.4 Å². The summed E-state index contributed by atoms with van der Waals surface area (Å²) < 4.78 is 0. The van der Waals surface area contributed by atoms with Gasteiger partial charge in [0.25, 0.3) is 0 Å². The molecule has 0 spiro atoms. The number of fused-ring (bicyclic) bond motifs is 1. The molecule has 17 heavy (non-hydrogen) atoms. The predicted octanol–water partition coefficient (Wildman–Crippen LogP) is 0.844. The average molecular weight is 239 g/mol. The van der Waals surface area contributed by atoms with Crippen molar-refractivity contribution in [2.45, 2.75) is 57.0 Å². The Morgan fingerprint density at radius 3 is 2.71 bits per heavy atom. The Morgan fingerprint density at radius 2 is 1.94 bits per heavy atom. The molecule has 4 nitrogen and oxygen atoms in total. The highest BCUT2D eigenvalue weighted by Gasteiger charge is 2.32. The minimum absolute atomic E-state index is 0.373. The molecule has 1 amide bonds. The number of nitrogens with zero attached hydrogens (tertiary/aromatic N) is 1. The number of piperidine rings is 1. The van der Waals surface area contributed by atoms with E-state index >= 15 is 0 Å². The van der Waals surface area contributed by atoms with Gasteiger partial charge in [-0.05, 0) is 44.6 Å². The largest absolute Gasteiger partial charge is 0.368 e. The van der Waals surface area contributed by atoms with Gasteiger partial charge in [-0.15, -0.1) is 0 Å². The van der Waals surface area contributed by atoms with Gasteiger partial charge in [-0.2, -0.15) is 0 Å². The maximum atomic E-state index is 10.9. The molecule has 2 fully saturated rings.